The van der Waals surface area contributed by atoms with Crippen molar-refractivity contribution in [2.75, 3.05) is 11.9 Å². The van der Waals surface area contributed by atoms with Gasteiger partial charge in [0.1, 0.15) is 18.1 Å². The Morgan fingerprint density at radius 2 is 1.97 bits per heavy atom. The minimum absolute atomic E-state index is 0.191. The summed E-state index contributed by atoms with van der Waals surface area (Å²) in [5.41, 5.74) is 1.01. The molecule has 1 aromatic carbocycles. The molecule has 3 heterocycles. The lowest BCUT2D eigenvalue weighted by Crippen LogP contribution is -2.49. The van der Waals surface area contributed by atoms with Crippen molar-refractivity contribution in [3.8, 4) is 11.6 Å². The maximum atomic E-state index is 12.8. The van der Waals surface area contributed by atoms with Crippen LogP contribution in [0.15, 0.2) is 71.7 Å². The van der Waals surface area contributed by atoms with Crippen molar-refractivity contribution >= 4 is 17.5 Å². The first-order chi connectivity index (χ1) is 14.2. The zero-order chi connectivity index (χ0) is 20.1. The minimum atomic E-state index is -0.522. The number of nitrogens with one attached hydrogen (secondary N) is 1. The Kier molecular flexibility index (Phi) is 5.56. The van der Waals surface area contributed by atoms with Crippen LogP contribution in [0.5, 0.6) is 11.6 Å². The zero-order valence-electron chi connectivity index (χ0n) is 15.8. The molecule has 29 heavy (non-hydrogen) atoms. The van der Waals surface area contributed by atoms with Crippen molar-refractivity contribution in [3.05, 3.63) is 72.8 Å². The second kappa shape index (κ2) is 8.60. The van der Waals surface area contributed by atoms with Crippen molar-refractivity contribution < 1.29 is 18.7 Å². The fraction of sp³-hybridized carbons (Fsp3) is 0.227. The Bertz CT molecular complexity index is 955. The molecule has 0 unspecified atom stereocenters. The molecular formula is C22H21N3O4. The quantitative estimate of drug-likeness (QED) is 0.708. The summed E-state index contributed by atoms with van der Waals surface area (Å²) in [5, 5.41) is 2.86. The number of pyridine rings is 1. The highest BCUT2D eigenvalue weighted by atomic mass is 16.5. The summed E-state index contributed by atoms with van der Waals surface area (Å²) in [7, 11) is 0. The van der Waals surface area contributed by atoms with Gasteiger partial charge in [-0.2, -0.15) is 0 Å². The predicted octanol–water partition coefficient (Wildman–Crippen LogP) is 4.10. The number of ether oxygens (including phenoxy) is 1. The van der Waals surface area contributed by atoms with Crippen LogP contribution in [-0.2, 0) is 4.79 Å². The summed E-state index contributed by atoms with van der Waals surface area (Å²) < 4.78 is 10.7. The van der Waals surface area contributed by atoms with Crippen LogP contribution in [0.4, 0.5) is 5.69 Å². The summed E-state index contributed by atoms with van der Waals surface area (Å²) in [6.45, 7) is 0.546. The molecule has 1 aliphatic heterocycles. The molecular weight excluding hydrogens is 370 g/mol. The van der Waals surface area contributed by atoms with E-state index in [-0.39, 0.29) is 11.8 Å². The number of carbonyl (C=O) groups excluding carboxylic acids is 2. The molecule has 3 aromatic rings. The van der Waals surface area contributed by atoms with E-state index in [2.05, 4.69) is 10.3 Å². The largest absolute Gasteiger partial charge is 0.472 e. The van der Waals surface area contributed by atoms with Crippen molar-refractivity contribution in [1.82, 2.24) is 9.88 Å². The molecule has 1 atom stereocenters. The van der Waals surface area contributed by atoms with Crippen LogP contribution >= 0.6 is 0 Å². The van der Waals surface area contributed by atoms with Gasteiger partial charge in [-0.3, -0.25) is 9.59 Å². The fourth-order valence-electron chi connectivity index (χ4n) is 3.35. The first-order valence-electron chi connectivity index (χ1n) is 9.54. The second-order valence-corrected chi connectivity index (χ2v) is 6.81. The lowest BCUT2D eigenvalue weighted by Gasteiger charge is -2.34. The first kappa shape index (κ1) is 18.7. The molecule has 0 bridgehead atoms. The number of rotatable bonds is 5. The SMILES string of the molecule is O=C(Nc1ccc(Oc2ccccc2)nc1)[C@H]1CCCCN1C(=O)c1ccoc1. The maximum Gasteiger partial charge on any atom is 0.257 e. The van der Waals surface area contributed by atoms with Crippen LogP contribution in [0, 0.1) is 0 Å². The van der Waals surface area contributed by atoms with Crippen LogP contribution in [0.3, 0.4) is 0 Å². The van der Waals surface area contributed by atoms with E-state index in [1.807, 2.05) is 30.3 Å². The number of anilines is 1. The Morgan fingerprint density at radius 3 is 2.69 bits per heavy atom. The van der Waals surface area contributed by atoms with Gasteiger partial charge in [-0.25, -0.2) is 4.98 Å². The van der Waals surface area contributed by atoms with Crippen LogP contribution in [0.2, 0.25) is 0 Å². The second-order valence-electron chi connectivity index (χ2n) is 6.81. The van der Waals surface area contributed by atoms with Crippen molar-refractivity contribution in [3.63, 3.8) is 0 Å². The van der Waals surface area contributed by atoms with Gasteiger partial charge in [0.05, 0.1) is 23.7 Å². The third-order valence-corrected chi connectivity index (χ3v) is 4.80. The average Bonchev–Trinajstić information content (AvgIpc) is 3.30. The number of benzene rings is 1. The van der Waals surface area contributed by atoms with Gasteiger partial charge in [0, 0.05) is 12.6 Å². The van der Waals surface area contributed by atoms with E-state index in [0.717, 1.165) is 12.8 Å². The van der Waals surface area contributed by atoms with E-state index >= 15 is 0 Å². The van der Waals surface area contributed by atoms with E-state index in [4.69, 9.17) is 9.15 Å². The number of nitrogens with zero attached hydrogens (tertiary/aromatic N) is 2. The molecule has 2 amide bonds. The summed E-state index contributed by atoms with van der Waals surface area (Å²) >= 11 is 0. The average molecular weight is 391 g/mol. The minimum Gasteiger partial charge on any atom is -0.472 e. The molecule has 1 fully saturated rings. The molecule has 1 N–H and O–H groups in total. The lowest BCUT2D eigenvalue weighted by atomic mass is 10.0. The van der Waals surface area contributed by atoms with Crippen LogP contribution in [-0.4, -0.2) is 34.3 Å². The topological polar surface area (TPSA) is 84.7 Å². The summed E-state index contributed by atoms with van der Waals surface area (Å²) in [6.07, 6.45) is 6.80. The van der Waals surface area contributed by atoms with E-state index < -0.39 is 6.04 Å². The number of piperidine rings is 1. The number of para-hydroxylation sites is 1. The molecule has 1 aliphatic rings. The predicted molar refractivity (Wildman–Crippen MR) is 107 cm³/mol. The first-order valence-corrected chi connectivity index (χ1v) is 9.54. The van der Waals surface area contributed by atoms with Gasteiger partial charge in [-0.1, -0.05) is 18.2 Å². The molecule has 148 valence electrons. The van der Waals surface area contributed by atoms with Crippen LogP contribution in [0.1, 0.15) is 29.6 Å². The van der Waals surface area contributed by atoms with Gasteiger partial charge < -0.3 is 19.4 Å². The standard InChI is InChI=1S/C22H21N3O4/c26-21(19-8-4-5-12-25(19)22(27)16-11-13-28-15-16)24-17-9-10-20(23-14-17)29-18-6-2-1-3-7-18/h1-3,6-7,9-11,13-15,19H,4-5,8,12H2,(H,24,26)/t19-/m1/s1. The Hall–Kier alpha value is -3.61. The smallest absolute Gasteiger partial charge is 0.257 e. The van der Waals surface area contributed by atoms with Gasteiger partial charge in [-0.05, 0) is 43.5 Å². The number of hydrogen-bond donors (Lipinski definition) is 1. The molecule has 4 rings (SSSR count). The van der Waals surface area contributed by atoms with E-state index in [1.54, 1.807) is 29.3 Å². The van der Waals surface area contributed by atoms with Crippen LogP contribution < -0.4 is 10.1 Å². The fourth-order valence-corrected chi connectivity index (χ4v) is 3.35. The Morgan fingerprint density at radius 1 is 1.10 bits per heavy atom. The highest BCUT2D eigenvalue weighted by Crippen LogP contribution is 2.23. The zero-order valence-corrected chi connectivity index (χ0v) is 15.8. The Balaban J connectivity index is 1.41. The van der Waals surface area contributed by atoms with Gasteiger partial charge in [0.2, 0.25) is 11.8 Å². The maximum absolute atomic E-state index is 12.8. The van der Waals surface area contributed by atoms with E-state index in [0.29, 0.717) is 35.8 Å². The van der Waals surface area contributed by atoms with E-state index in [9.17, 15) is 9.59 Å². The van der Waals surface area contributed by atoms with Gasteiger partial charge in [0.15, 0.2) is 0 Å². The van der Waals surface area contributed by atoms with Crippen molar-refractivity contribution in [2.45, 2.75) is 25.3 Å². The molecule has 7 heteroatoms. The number of aromatic nitrogens is 1. The normalized spacial score (nSPS) is 16.3. The number of likely N-dealkylation sites (tertiary alicyclic amines) is 1. The number of hydrogen-bond acceptors (Lipinski definition) is 5. The molecule has 0 radical (unpaired) electrons. The molecule has 0 spiro atoms. The summed E-state index contributed by atoms with van der Waals surface area (Å²) in [5.74, 6) is 0.708. The van der Waals surface area contributed by atoms with Gasteiger partial charge in [0.25, 0.3) is 5.91 Å². The molecule has 0 aliphatic carbocycles. The Labute approximate surface area is 168 Å². The van der Waals surface area contributed by atoms with Crippen molar-refractivity contribution in [2.24, 2.45) is 0 Å². The summed E-state index contributed by atoms with van der Waals surface area (Å²) in [6, 6.07) is 13.9. The number of furan rings is 1. The lowest BCUT2D eigenvalue weighted by molar-refractivity contribution is -0.121. The molecule has 1 saturated heterocycles. The number of amides is 2. The van der Waals surface area contributed by atoms with Crippen molar-refractivity contribution in [1.29, 1.82) is 0 Å². The van der Waals surface area contributed by atoms with Crippen LogP contribution in [0.25, 0.3) is 0 Å². The van der Waals surface area contributed by atoms with Gasteiger partial charge in [-0.15, -0.1) is 0 Å². The molecule has 7 nitrogen and oxygen atoms in total. The third kappa shape index (κ3) is 4.45. The van der Waals surface area contributed by atoms with Gasteiger partial charge >= 0.3 is 0 Å². The monoisotopic (exact) mass is 391 g/mol. The molecule has 0 saturated carbocycles. The highest BCUT2D eigenvalue weighted by molar-refractivity contribution is 6.01. The highest BCUT2D eigenvalue weighted by Gasteiger charge is 2.33. The number of carbonyl (C=O) groups is 2. The third-order valence-electron chi connectivity index (χ3n) is 4.80. The molecule has 2 aromatic heterocycles. The summed E-state index contributed by atoms with van der Waals surface area (Å²) in [4.78, 5) is 31.4. The van der Waals surface area contributed by atoms with E-state index in [1.165, 1.54) is 12.5 Å².